The van der Waals surface area contributed by atoms with E-state index >= 15 is 0 Å². The number of sulfone groups is 1. The molecule has 2 N–H and O–H groups in total. The molecule has 0 radical (unpaired) electrons. The molecule has 1 heterocycles. The first kappa shape index (κ1) is 15.9. The Bertz CT molecular complexity index is 462. The lowest BCUT2D eigenvalue weighted by atomic mass is 10.0. The van der Waals surface area contributed by atoms with Gasteiger partial charge in [0.1, 0.15) is 0 Å². The first-order valence-corrected chi connectivity index (χ1v) is 7.93. The van der Waals surface area contributed by atoms with Crippen molar-refractivity contribution in [3.05, 3.63) is 0 Å². The highest BCUT2D eigenvalue weighted by Gasteiger charge is 2.39. The summed E-state index contributed by atoms with van der Waals surface area (Å²) in [5, 5.41) is 11.4. The molecule has 0 saturated carbocycles. The fraction of sp³-hybridized carbons (Fsp3) is 0.818. The van der Waals surface area contributed by atoms with Crippen molar-refractivity contribution < 1.29 is 23.1 Å². The van der Waals surface area contributed by atoms with Gasteiger partial charge in [-0.1, -0.05) is 6.92 Å². The average Bonchev–Trinajstić information content (AvgIpc) is 2.50. The molecule has 1 amide bonds. The van der Waals surface area contributed by atoms with E-state index in [-0.39, 0.29) is 30.5 Å². The Morgan fingerprint density at radius 1 is 1.37 bits per heavy atom. The molecule has 0 aromatic heterocycles. The molecule has 0 spiro atoms. The second kappa shape index (κ2) is 5.87. The van der Waals surface area contributed by atoms with Crippen LogP contribution in [0.4, 0.5) is 0 Å². The molecule has 1 rings (SSSR count). The molecule has 0 aromatic rings. The minimum absolute atomic E-state index is 0.0432. The minimum Gasteiger partial charge on any atom is -0.480 e. The lowest BCUT2D eigenvalue weighted by Crippen LogP contribution is -2.50. The van der Waals surface area contributed by atoms with Crippen LogP contribution >= 0.6 is 0 Å². The van der Waals surface area contributed by atoms with E-state index in [1.165, 1.54) is 4.90 Å². The standard InChI is InChI=1S/C11H20N2O5S/c1-3-13(7-10(15)16)6-9(14)12-11(2)4-5-19(17,18)8-11/h3-8H2,1-2H3,(H,12,14)(H,15,16). The quantitative estimate of drug-likeness (QED) is 0.656. The molecule has 19 heavy (non-hydrogen) atoms. The number of carboxylic acids is 1. The lowest BCUT2D eigenvalue weighted by Gasteiger charge is -2.26. The van der Waals surface area contributed by atoms with E-state index in [2.05, 4.69) is 5.32 Å². The molecule has 1 atom stereocenters. The van der Waals surface area contributed by atoms with Crippen molar-refractivity contribution in [2.45, 2.75) is 25.8 Å². The van der Waals surface area contributed by atoms with Crippen molar-refractivity contribution in [1.82, 2.24) is 10.2 Å². The Kier molecular flexibility index (Phi) is 4.92. The summed E-state index contributed by atoms with van der Waals surface area (Å²) in [6.45, 7) is 3.65. The summed E-state index contributed by atoms with van der Waals surface area (Å²) in [4.78, 5) is 23.9. The number of aliphatic carboxylic acids is 1. The SMILES string of the molecule is CCN(CC(=O)O)CC(=O)NC1(C)CCS(=O)(=O)C1. The van der Waals surface area contributed by atoms with Crippen molar-refractivity contribution in [1.29, 1.82) is 0 Å². The van der Waals surface area contributed by atoms with E-state index in [1.54, 1.807) is 13.8 Å². The normalized spacial score (nSPS) is 25.4. The number of nitrogens with one attached hydrogen (secondary N) is 1. The first-order valence-electron chi connectivity index (χ1n) is 6.11. The monoisotopic (exact) mass is 292 g/mol. The van der Waals surface area contributed by atoms with Gasteiger partial charge in [-0.2, -0.15) is 0 Å². The van der Waals surface area contributed by atoms with Gasteiger partial charge in [-0.3, -0.25) is 14.5 Å². The van der Waals surface area contributed by atoms with Gasteiger partial charge in [-0.05, 0) is 19.9 Å². The molecular weight excluding hydrogens is 272 g/mol. The highest BCUT2D eigenvalue weighted by atomic mass is 32.2. The second-order valence-electron chi connectivity index (χ2n) is 5.15. The Morgan fingerprint density at radius 3 is 2.42 bits per heavy atom. The zero-order valence-electron chi connectivity index (χ0n) is 11.2. The van der Waals surface area contributed by atoms with E-state index in [9.17, 15) is 18.0 Å². The highest BCUT2D eigenvalue weighted by Crippen LogP contribution is 2.22. The van der Waals surface area contributed by atoms with Gasteiger partial charge in [0.25, 0.3) is 0 Å². The maximum Gasteiger partial charge on any atom is 0.317 e. The molecule has 1 fully saturated rings. The molecule has 0 aromatic carbocycles. The molecule has 0 bridgehead atoms. The molecule has 110 valence electrons. The third-order valence-corrected chi connectivity index (χ3v) is 5.02. The number of rotatable bonds is 6. The van der Waals surface area contributed by atoms with Gasteiger partial charge in [0.15, 0.2) is 9.84 Å². The average molecular weight is 292 g/mol. The van der Waals surface area contributed by atoms with E-state index in [1.807, 2.05) is 0 Å². The zero-order chi connectivity index (χ0) is 14.7. The van der Waals surface area contributed by atoms with Gasteiger partial charge < -0.3 is 10.4 Å². The molecular formula is C11H20N2O5S. The summed E-state index contributed by atoms with van der Waals surface area (Å²) in [5.41, 5.74) is -0.738. The number of hydrogen-bond donors (Lipinski definition) is 2. The lowest BCUT2D eigenvalue weighted by molar-refractivity contribution is -0.138. The largest absolute Gasteiger partial charge is 0.480 e. The maximum absolute atomic E-state index is 11.8. The van der Waals surface area contributed by atoms with Crippen LogP contribution in [0.2, 0.25) is 0 Å². The van der Waals surface area contributed by atoms with Crippen LogP contribution in [0.5, 0.6) is 0 Å². The molecule has 1 aliphatic rings. The Labute approximate surface area is 112 Å². The van der Waals surface area contributed by atoms with Gasteiger partial charge in [-0.25, -0.2) is 8.42 Å². The van der Waals surface area contributed by atoms with Crippen molar-refractivity contribution >= 4 is 21.7 Å². The van der Waals surface area contributed by atoms with Crippen LogP contribution in [0.25, 0.3) is 0 Å². The zero-order valence-corrected chi connectivity index (χ0v) is 12.0. The predicted molar refractivity (Wildman–Crippen MR) is 69.6 cm³/mol. The molecule has 0 aliphatic carbocycles. The number of carbonyl (C=O) groups excluding carboxylic acids is 1. The number of nitrogens with zero attached hydrogens (tertiary/aromatic N) is 1. The fourth-order valence-corrected chi connectivity index (χ4v) is 4.25. The summed E-state index contributed by atoms with van der Waals surface area (Å²) in [5.74, 6) is -1.32. The number of hydrogen-bond acceptors (Lipinski definition) is 5. The van der Waals surface area contributed by atoms with Crippen LogP contribution in [0, 0.1) is 0 Å². The molecule has 7 nitrogen and oxygen atoms in total. The second-order valence-corrected chi connectivity index (χ2v) is 7.33. The summed E-state index contributed by atoms with van der Waals surface area (Å²) in [6, 6.07) is 0. The number of likely N-dealkylation sites (N-methyl/N-ethyl adjacent to an activating group) is 1. The van der Waals surface area contributed by atoms with E-state index in [4.69, 9.17) is 5.11 Å². The third kappa shape index (κ3) is 5.15. The van der Waals surface area contributed by atoms with Crippen LogP contribution in [0.15, 0.2) is 0 Å². The molecule has 8 heteroatoms. The minimum atomic E-state index is -3.08. The van der Waals surface area contributed by atoms with Crippen LogP contribution in [0.3, 0.4) is 0 Å². The van der Waals surface area contributed by atoms with Crippen molar-refractivity contribution in [2.24, 2.45) is 0 Å². The van der Waals surface area contributed by atoms with E-state index < -0.39 is 21.3 Å². The highest BCUT2D eigenvalue weighted by molar-refractivity contribution is 7.91. The molecule has 1 aliphatic heterocycles. The van der Waals surface area contributed by atoms with Crippen LogP contribution < -0.4 is 5.32 Å². The topological polar surface area (TPSA) is 104 Å². The first-order chi connectivity index (χ1) is 8.66. The van der Waals surface area contributed by atoms with Crippen LogP contribution in [-0.4, -0.2) is 67.0 Å². The van der Waals surface area contributed by atoms with Crippen LogP contribution in [0.1, 0.15) is 20.3 Å². The van der Waals surface area contributed by atoms with Crippen molar-refractivity contribution in [2.75, 3.05) is 31.1 Å². The Morgan fingerprint density at radius 2 is 2.00 bits per heavy atom. The summed E-state index contributed by atoms with van der Waals surface area (Å²) < 4.78 is 22.8. The van der Waals surface area contributed by atoms with E-state index in [0.717, 1.165) is 0 Å². The van der Waals surface area contributed by atoms with Gasteiger partial charge in [-0.15, -0.1) is 0 Å². The molecule has 1 saturated heterocycles. The third-order valence-electron chi connectivity index (χ3n) is 3.12. The number of amides is 1. The summed E-state index contributed by atoms with van der Waals surface area (Å²) >= 11 is 0. The fourth-order valence-electron chi connectivity index (χ4n) is 2.16. The van der Waals surface area contributed by atoms with Crippen LogP contribution in [-0.2, 0) is 19.4 Å². The maximum atomic E-state index is 11.8. The number of carboxylic acid groups (broad SMARTS) is 1. The summed E-state index contributed by atoms with van der Waals surface area (Å²) in [6.07, 6.45) is 0.395. The van der Waals surface area contributed by atoms with Crippen molar-refractivity contribution in [3.63, 3.8) is 0 Å². The van der Waals surface area contributed by atoms with Gasteiger partial charge in [0.2, 0.25) is 5.91 Å². The predicted octanol–water partition coefficient (Wildman–Crippen LogP) is -0.914. The van der Waals surface area contributed by atoms with Gasteiger partial charge in [0, 0.05) is 0 Å². The van der Waals surface area contributed by atoms with Gasteiger partial charge >= 0.3 is 5.97 Å². The number of carbonyl (C=O) groups is 2. The van der Waals surface area contributed by atoms with Crippen molar-refractivity contribution in [3.8, 4) is 0 Å². The van der Waals surface area contributed by atoms with E-state index in [0.29, 0.717) is 13.0 Å². The summed E-state index contributed by atoms with van der Waals surface area (Å²) in [7, 11) is -3.08. The Balaban J connectivity index is 2.53. The molecule has 1 unspecified atom stereocenters. The van der Waals surface area contributed by atoms with Gasteiger partial charge in [0.05, 0.1) is 30.1 Å². The smallest absolute Gasteiger partial charge is 0.317 e. The Hall–Kier alpha value is -1.15.